The van der Waals surface area contributed by atoms with E-state index in [1.54, 1.807) is 7.11 Å². The monoisotopic (exact) mass is 516 g/mol. The maximum atomic E-state index is 6.29. The van der Waals surface area contributed by atoms with E-state index in [-0.39, 0.29) is 6.10 Å². The molecule has 0 bridgehead atoms. The number of nitrogens with one attached hydrogen (secondary N) is 1. The van der Waals surface area contributed by atoms with Crippen molar-refractivity contribution in [3.05, 3.63) is 0 Å². The number of halogens is 3. The number of fused-ring (bicyclic) bond motifs is 1. The van der Waals surface area contributed by atoms with E-state index < -0.39 is 34.7 Å². The number of hydrogen-bond donors (Lipinski definition) is 1. The van der Waals surface area contributed by atoms with Crippen molar-refractivity contribution in [3.8, 4) is 0 Å². The molecule has 0 unspecified atom stereocenters. The van der Waals surface area contributed by atoms with Gasteiger partial charge in [-0.25, -0.2) is 4.99 Å². The van der Waals surface area contributed by atoms with Gasteiger partial charge in [0.05, 0.1) is 6.10 Å². The lowest BCUT2D eigenvalue weighted by molar-refractivity contribution is -0.262. The van der Waals surface area contributed by atoms with E-state index in [9.17, 15) is 0 Å². The smallest absolute Gasteiger partial charge is 0.285 e. The Morgan fingerprint density at radius 1 is 0.938 bits per heavy atom. The van der Waals surface area contributed by atoms with Gasteiger partial charge in [0.15, 0.2) is 12.4 Å². The minimum absolute atomic E-state index is 0.321. The van der Waals surface area contributed by atoms with E-state index in [4.69, 9.17) is 58.5 Å². The highest BCUT2D eigenvalue weighted by Gasteiger charge is 2.57. The number of amidine groups is 1. The van der Waals surface area contributed by atoms with E-state index in [0.29, 0.717) is 12.6 Å². The van der Waals surface area contributed by atoms with Crippen molar-refractivity contribution in [1.82, 2.24) is 5.32 Å². The van der Waals surface area contributed by atoms with Crippen molar-refractivity contribution < 1.29 is 23.7 Å². The van der Waals surface area contributed by atoms with Gasteiger partial charge in [-0.3, -0.25) is 0 Å². The fourth-order valence-corrected chi connectivity index (χ4v) is 4.14. The third-order valence-electron chi connectivity index (χ3n) is 5.61. The summed E-state index contributed by atoms with van der Waals surface area (Å²) in [6, 6.07) is 0.461. The molecule has 0 amide bonds. The highest BCUT2D eigenvalue weighted by Crippen LogP contribution is 2.42. The van der Waals surface area contributed by atoms with Gasteiger partial charge in [-0.05, 0) is 19.8 Å². The second-order valence-corrected chi connectivity index (χ2v) is 10.7. The maximum absolute atomic E-state index is 6.29. The zero-order valence-electron chi connectivity index (χ0n) is 19.7. The first-order chi connectivity index (χ1) is 15.3. The summed E-state index contributed by atoms with van der Waals surface area (Å²) >= 11 is 18.1. The number of ether oxygens (including phenoxy) is 5. The predicted octanol–water partition coefficient (Wildman–Crippen LogP) is 5.35. The lowest BCUT2D eigenvalue weighted by Gasteiger charge is -2.40. The molecule has 32 heavy (non-hydrogen) atoms. The van der Waals surface area contributed by atoms with Crippen LogP contribution < -0.4 is 5.32 Å². The number of hydrogen-bond acceptors (Lipinski definition) is 6. The number of methoxy groups -OCH3 is 1. The molecule has 2 aliphatic heterocycles. The minimum Gasteiger partial charge on any atom is -0.454 e. The first-order valence-corrected chi connectivity index (χ1v) is 13.0. The van der Waals surface area contributed by atoms with Gasteiger partial charge in [0.25, 0.3) is 6.02 Å². The molecule has 0 radical (unpaired) electrons. The van der Waals surface area contributed by atoms with E-state index in [1.807, 2.05) is 6.92 Å². The standard InChI is InChI=1S/C22H39Cl3N2O5/c1-5-7-9-11-13-26-21(27-14-12-10-8-6-2)32-18-17-16(15(3)29-19(18)28-4)30-20(31-17)22(23,24)25/h15-20H,5-14H2,1-4H3,(H,26,27)/t15-,16-,17-,18+,19+,20+/m0/s1. The Morgan fingerprint density at radius 3 is 2.22 bits per heavy atom. The van der Waals surface area contributed by atoms with E-state index in [0.717, 1.165) is 32.2 Å². The number of alkyl halides is 3. The normalized spacial score (nSPS) is 30.9. The van der Waals surface area contributed by atoms with Crippen LogP contribution in [0.1, 0.15) is 72.1 Å². The Balaban J connectivity index is 2.09. The molecule has 0 aromatic heterocycles. The SMILES string of the molecule is CCCCCCN=C(NCCCCCC)O[C@H]1[C@H](OC)O[C@@H](C)[C@@H]2O[C@@H](C(Cl)(Cl)Cl)O[C@@H]21. The van der Waals surface area contributed by atoms with Crippen LogP contribution in [0.25, 0.3) is 0 Å². The predicted molar refractivity (Wildman–Crippen MR) is 129 cm³/mol. The van der Waals surface area contributed by atoms with Gasteiger partial charge < -0.3 is 29.0 Å². The molecule has 2 fully saturated rings. The van der Waals surface area contributed by atoms with Gasteiger partial charge in [-0.1, -0.05) is 87.2 Å². The van der Waals surface area contributed by atoms with Crippen molar-refractivity contribution in [2.24, 2.45) is 4.99 Å². The summed E-state index contributed by atoms with van der Waals surface area (Å²) in [6.45, 7) is 7.71. The van der Waals surface area contributed by atoms with Crippen LogP contribution in [0.15, 0.2) is 4.99 Å². The van der Waals surface area contributed by atoms with E-state index >= 15 is 0 Å². The van der Waals surface area contributed by atoms with E-state index in [2.05, 4.69) is 24.2 Å². The molecule has 2 aliphatic rings. The second-order valence-electron chi connectivity index (χ2n) is 8.34. The molecule has 2 heterocycles. The summed E-state index contributed by atoms with van der Waals surface area (Å²) in [5.74, 6) is 0. The molecule has 0 aromatic rings. The fourth-order valence-electron chi connectivity index (χ4n) is 3.83. The summed E-state index contributed by atoms with van der Waals surface area (Å²) in [5, 5.41) is 3.34. The minimum atomic E-state index is -1.72. The second kappa shape index (κ2) is 14.4. The molecule has 0 saturated carbocycles. The van der Waals surface area contributed by atoms with Crippen LogP contribution in [0.3, 0.4) is 0 Å². The molecule has 2 rings (SSSR count). The average molecular weight is 518 g/mol. The highest BCUT2D eigenvalue weighted by molar-refractivity contribution is 6.67. The average Bonchev–Trinajstić information content (AvgIpc) is 3.21. The fraction of sp³-hybridized carbons (Fsp3) is 0.955. The summed E-state index contributed by atoms with van der Waals surface area (Å²) in [5.41, 5.74) is 0. The molecule has 1 N–H and O–H groups in total. The Kier molecular flexibility index (Phi) is 12.7. The highest BCUT2D eigenvalue weighted by atomic mass is 35.6. The van der Waals surface area contributed by atoms with Gasteiger partial charge in [0, 0.05) is 20.2 Å². The van der Waals surface area contributed by atoms with Gasteiger partial charge in [-0.2, -0.15) is 0 Å². The van der Waals surface area contributed by atoms with Crippen molar-refractivity contribution >= 4 is 40.8 Å². The summed E-state index contributed by atoms with van der Waals surface area (Å²) in [6.07, 6.45) is 5.49. The molecule has 6 atom stereocenters. The molecule has 188 valence electrons. The van der Waals surface area contributed by atoms with Gasteiger partial charge in [0.2, 0.25) is 10.1 Å². The van der Waals surface area contributed by atoms with Crippen LogP contribution in [0.4, 0.5) is 0 Å². The topological polar surface area (TPSA) is 70.5 Å². The zero-order valence-corrected chi connectivity index (χ0v) is 21.9. The Bertz CT molecular complexity index is 564. The van der Waals surface area contributed by atoms with Crippen LogP contribution in [0.2, 0.25) is 0 Å². The lowest BCUT2D eigenvalue weighted by atomic mass is 10.00. The van der Waals surface area contributed by atoms with Crippen LogP contribution in [0.5, 0.6) is 0 Å². The van der Waals surface area contributed by atoms with Crippen LogP contribution in [0, 0.1) is 0 Å². The first-order valence-electron chi connectivity index (χ1n) is 11.8. The maximum Gasteiger partial charge on any atom is 0.285 e. The summed E-state index contributed by atoms with van der Waals surface area (Å²) in [7, 11) is 1.57. The Labute approximate surface area is 207 Å². The number of nitrogens with zero attached hydrogens (tertiary/aromatic N) is 1. The first kappa shape index (κ1) is 28.2. The third-order valence-corrected chi connectivity index (χ3v) is 6.14. The molecule has 0 aromatic carbocycles. The largest absolute Gasteiger partial charge is 0.454 e. The molecular formula is C22H39Cl3N2O5. The van der Waals surface area contributed by atoms with Gasteiger partial charge in [0.1, 0.15) is 12.2 Å². The molecule has 0 spiro atoms. The lowest BCUT2D eigenvalue weighted by Crippen LogP contribution is -2.58. The van der Waals surface area contributed by atoms with Crippen LogP contribution in [-0.4, -0.2) is 67.0 Å². The van der Waals surface area contributed by atoms with Crippen molar-refractivity contribution in [1.29, 1.82) is 0 Å². The van der Waals surface area contributed by atoms with E-state index in [1.165, 1.54) is 25.7 Å². The quantitative estimate of drug-likeness (QED) is 0.163. The Morgan fingerprint density at radius 2 is 1.59 bits per heavy atom. The third kappa shape index (κ3) is 8.64. The summed E-state index contributed by atoms with van der Waals surface area (Å²) in [4.78, 5) is 4.67. The van der Waals surface area contributed by atoms with Crippen LogP contribution in [-0.2, 0) is 23.7 Å². The molecule has 10 heteroatoms. The molecular weight excluding hydrogens is 479 g/mol. The van der Waals surface area contributed by atoms with Crippen molar-refractivity contribution in [2.45, 2.75) is 113 Å². The summed E-state index contributed by atoms with van der Waals surface area (Å²) < 4.78 is 27.9. The van der Waals surface area contributed by atoms with Crippen LogP contribution >= 0.6 is 34.8 Å². The zero-order chi connectivity index (χ0) is 23.6. The van der Waals surface area contributed by atoms with Gasteiger partial charge in [-0.15, -0.1) is 0 Å². The number of unbranched alkanes of at least 4 members (excludes halogenated alkanes) is 6. The molecule has 0 aliphatic carbocycles. The Hall–Kier alpha value is -0.0200. The molecule has 2 saturated heterocycles. The number of aliphatic imine (C=N–C) groups is 1. The van der Waals surface area contributed by atoms with Gasteiger partial charge >= 0.3 is 0 Å². The number of rotatable bonds is 12. The molecule has 7 nitrogen and oxygen atoms in total. The van der Waals surface area contributed by atoms with Crippen molar-refractivity contribution in [2.75, 3.05) is 20.2 Å². The van der Waals surface area contributed by atoms with Crippen molar-refractivity contribution in [3.63, 3.8) is 0 Å².